The number of thiol groups is 1. The van der Waals surface area contributed by atoms with E-state index in [9.17, 15) is 53.1 Å². The molecule has 0 unspecified atom stereocenters. The Balaban J connectivity index is 3.08. The smallest absolute Gasteiger partial charge is 0.325 e. The number of unbranched alkanes of at least 4 members (excludes halogenated alkanes) is 2. The van der Waals surface area contributed by atoms with Crippen LogP contribution >= 0.6 is 12.6 Å². The Bertz CT molecular complexity index is 1670. The Labute approximate surface area is 382 Å². The number of likely N-dealkylation sites (tertiary alicyclic amines) is 1. The lowest BCUT2D eigenvalue weighted by atomic mass is 10.0. The van der Waals surface area contributed by atoms with Gasteiger partial charge in [0.25, 0.3) is 0 Å². The summed E-state index contributed by atoms with van der Waals surface area (Å²) in [5, 5.41) is 35.3. The van der Waals surface area contributed by atoms with Crippen LogP contribution in [0.4, 0.5) is 0 Å². The van der Waals surface area contributed by atoms with Gasteiger partial charge < -0.3 is 81.0 Å². The average Bonchev–Trinajstić information content (AvgIpc) is 3.75. The van der Waals surface area contributed by atoms with Crippen molar-refractivity contribution in [2.45, 2.75) is 126 Å². The zero-order valence-corrected chi connectivity index (χ0v) is 37.6. The van der Waals surface area contributed by atoms with Crippen molar-refractivity contribution >= 4 is 77.8 Å². The molecule has 1 fully saturated rings. The van der Waals surface area contributed by atoms with Crippen LogP contribution in [0.25, 0.3) is 0 Å². The van der Waals surface area contributed by atoms with Crippen LogP contribution in [0.2, 0.25) is 0 Å². The van der Waals surface area contributed by atoms with Crippen LogP contribution in [0.5, 0.6) is 0 Å². The molecule has 7 atom stereocenters. The highest BCUT2D eigenvalue weighted by Crippen LogP contribution is 2.19. The number of guanidine groups is 1. The Kier molecular flexibility index (Phi) is 27.4. The van der Waals surface area contributed by atoms with Gasteiger partial charge in [0.05, 0.1) is 19.1 Å². The van der Waals surface area contributed by atoms with Gasteiger partial charge in [-0.05, 0) is 84.2 Å². The Morgan fingerprint density at radius 1 is 0.692 bits per heavy atom. The number of aliphatic carboxylic acids is 2. The second kappa shape index (κ2) is 31.1. The molecule has 27 heteroatoms. The number of hydrogen-bond acceptors (Lipinski definition) is 15. The second-order valence-corrected chi connectivity index (χ2v) is 15.7. The summed E-state index contributed by atoms with van der Waals surface area (Å²) in [4.78, 5) is 133. The van der Waals surface area contributed by atoms with E-state index in [1.807, 2.05) is 0 Å². The third-order valence-corrected chi connectivity index (χ3v) is 10.4. The van der Waals surface area contributed by atoms with Gasteiger partial charge in [-0.15, -0.1) is 0 Å². The number of rotatable bonds is 32. The van der Waals surface area contributed by atoms with Crippen molar-refractivity contribution in [2.75, 3.05) is 45.0 Å². The molecular formula is C38H68N14O12S. The highest BCUT2D eigenvalue weighted by atomic mass is 32.1. The minimum atomic E-state index is -1.53. The molecule has 0 aliphatic carbocycles. The molecule has 8 amide bonds. The van der Waals surface area contributed by atoms with E-state index < -0.39 is 127 Å². The second-order valence-electron chi connectivity index (χ2n) is 15.3. The molecule has 0 aromatic heterocycles. The van der Waals surface area contributed by atoms with Crippen LogP contribution in [0, 0.1) is 0 Å². The van der Waals surface area contributed by atoms with E-state index in [-0.39, 0.29) is 57.0 Å². The predicted molar refractivity (Wildman–Crippen MR) is 238 cm³/mol. The van der Waals surface area contributed by atoms with Crippen molar-refractivity contribution in [1.29, 1.82) is 0 Å². The molecule has 0 aromatic carbocycles. The molecule has 1 aliphatic rings. The standard InChI is InChI=1S/C38H68N14O12S/c1-21(37(63)64)47-28(53)18-46-35(61)27-11-7-17-52(27)36(62)26(20-65)51-34(60)25(12-13-30(55)56)48-29(54)19-45-32(58)23(9-3-5-15-40)50-33(59)24(10-6-16-44-38(42)43)49-31(57)22(41)8-2-4-14-39/h21-27,65H,2-20,39-41H2,1H3,(H,45,58)(H,46,61)(H,47,53)(H,48,54)(H,49,57)(H,50,59)(H,51,60)(H,55,56)(H,63,64)(H4,42,43,44)/t21-,22-,23-,24-,25-,26-,27-/m0/s1. The lowest BCUT2D eigenvalue weighted by Crippen LogP contribution is -2.58. The lowest BCUT2D eigenvalue weighted by molar-refractivity contribution is -0.142. The van der Waals surface area contributed by atoms with Gasteiger partial charge in [0, 0.05) is 25.3 Å². The SMILES string of the molecule is C[C@H](NC(=O)CNC(=O)[C@@H]1CCCN1C(=O)[C@H](CS)NC(=O)[C@H](CCC(=O)O)NC(=O)CNC(=O)[C@H](CCCCN)NC(=O)[C@H](CCCN=C(N)N)NC(=O)[C@@H](N)CCCCN)C(=O)O. The first kappa shape index (κ1) is 57.2. The van der Waals surface area contributed by atoms with Gasteiger partial charge in [-0.2, -0.15) is 12.6 Å². The molecule has 65 heavy (non-hydrogen) atoms. The lowest BCUT2D eigenvalue weighted by Gasteiger charge is -2.29. The van der Waals surface area contributed by atoms with E-state index in [1.165, 1.54) is 11.8 Å². The van der Waals surface area contributed by atoms with E-state index in [0.29, 0.717) is 45.1 Å². The van der Waals surface area contributed by atoms with Crippen molar-refractivity contribution in [2.24, 2.45) is 33.7 Å². The fraction of sp³-hybridized carbons (Fsp3) is 0.711. The molecule has 1 aliphatic heterocycles. The molecule has 368 valence electrons. The summed E-state index contributed by atoms with van der Waals surface area (Å²) in [7, 11) is 0. The molecule has 1 rings (SSSR count). The molecule has 0 saturated carbocycles. The zero-order valence-electron chi connectivity index (χ0n) is 36.7. The van der Waals surface area contributed by atoms with Crippen molar-refractivity contribution in [3.05, 3.63) is 0 Å². The topological polar surface area (TPSA) is 441 Å². The van der Waals surface area contributed by atoms with Crippen molar-refractivity contribution in [3.8, 4) is 0 Å². The van der Waals surface area contributed by atoms with Gasteiger partial charge in [0.15, 0.2) is 5.96 Å². The number of aliphatic imine (C=N–C) groups is 1. The molecule has 1 saturated heterocycles. The first-order chi connectivity index (χ1) is 30.7. The molecule has 19 N–H and O–H groups in total. The van der Waals surface area contributed by atoms with E-state index in [4.69, 9.17) is 33.8 Å². The molecule has 0 aromatic rings. The molecular weight excluding hydrogens is 877 g/mol. The summed E-state index contributed by atoms with van der Waals surface area (Å²) in [5.41, 5.74) is 28.0. The zero-order chi connectivity index (χ0) is 49.1. The fourth-order valence-electron chi connectivity index (χ4n) is 6.40. The van der Waals surface area contributed by atoms with Crippen LogP contribution in [-0.4, -0.2) is 168 Å². The summed E-state index contributed by atoms with van der Waals surface area (Å²) >= 11 is 4.18. The third-order valence-electron chi connectivity index (χ3n) is 9.99. The number of carboxylic acid groups (broad SMARTS) is 2. The minimum Gasteiger partial charge on any atom is -0.481 e. The predicted octanol–water partition coefficient (Wildman–Crippen LogP) is -5.83. The number of carboxylic acids is 2. The Hall–Kier alpha value is -5.80. The van der Waals surface area contributed by atoms with Gasteiger partial charge in [0.2, 0.25) is 47.3 Å². The molecule has 0 spiro atoms. The van der Waals surface area contributed by atoms with E-state index >= 15 is 0 Å². The first-order valence-corrected chi connectivity index (χ1v) is 22.0. The van der Waals surface area contributed by atoms with E-state index in [0.717, 1.165) is 0 Å². The number of hydrogen-bond donors (Lipinski definition) is 15. The summed E-state index contributed by atoms with van der Waals surface area (Å²) in [6.45, 7) is 0.868. The van der Waals surface area contributed by atoms with Gasteiger partial charge >= 0.3 is 11.9 Å². The quantitative estimate of drug-likeness (QED) is 0.0129. The summed E-state index contributed by atoms with van der Waals surface area (Å²) in [6.07, 6.45) is 2.37. The van der Waals surface area contributed by atoms with Crippen LogP contribution in [0.15, 0.2) is 4.99 Å². The first-order valence-electron chi connectivity index (χ1n) is 21.4. The number of nitrogens with zero attached hydrogens (tertiary/aromatic N) is 2. The number of nitrogens with two attached hydrogens (primary N) is 5. The van der Waals surface area contributed by atoms with Gasteiger partial charge in [-0.1, -0.05) is 6.42 Å². The van der Waals surface area contributed by atoms with E-state index in [2.05, 4.69) is 54.8 Å². The van der Waals surface area contributed by atoms with Crippen LogP contribution in [0.1, 0.15) is 84.0 Å². The summed E-state index contributed by atoms with van der Waals surface area (Å²) in [6, 6.07) is -8.46. The largest absolute Gasteiger partial charge is 0.481 e. The van der Waals surface area contributed by atoms with Crippen LogP contribution in [0.3, 0.4) is 0 Å². The monoisotopic (exact) mass is 944 g/mol. The van der Waals surface area contributed by atoms with Crippen molar-refractivity contribution in [1.82, 2.24) is 42.1 Å². The third kappa shape index (κ3) is 22.6. The average molecular weight is 945 g/mol. The van der Waals surface area contributed by atoms with Gasteiger partial charge in [0.1, 0.15) is 36.3 Å². The fourth-order valence-corrected chi connectivity index (χ4v) is 6.65. The van der Waals surface area contributed by atoms with Gasteiger partial charge in [-0.25, -0.2) is 0 Å². The number of nitrogens with one attached hydrogen (secondary N) is 7. The van der Waals surface area contributed by atoms with Crippen molar-refractivity contribution in [3.63, 3.8) is 0 Å². The summed E-state index contributed by atoms with van der Waals surface area (Å²) < 4.78 is 0. The molecule has 0 radical (unpaired) electrons. The van der Waals surface area contributed by atoms with Crippen molar-refractivity contribution < 1.29 is 58.2 Å². The minimum absolute atomic E-state index is 0.0634. The normalized spacial score (nSPS) is 16.0. The maximum absolute atomic E-state index is 13.6. The highest BCUT2D eigenvalue weighted by molar-refractivity contribution is 7.80. The molecule has 0 bridgehead atoms. The number of carbonyl (C=O) groups is 10. The van der Waals surface area contributed by atoms with E-state index in [1.54, 1.807) is 0 Å². The Morgan fingerprint density at radius 2 is 1.23 bits per heavy atom. The number of carbonyl (C=O) groups excluding carboxylic acids is 8. The van der Waals surface area contributed by atoms with Crippen LogP contribution in [-0.2, 0) is 47.9 Å². The maximum Gasteiger partial charge on any atom is 0.325 e. The van der Waals surface area contributed by atoms with Gasteiger partial charge in [-0.3, -0.25) is 52.9 Å². The Morgan fingerprint density at radius 3 is 1.82 bits per heavy atom. The summed E-state index contributed by atoms with van der Waals surface area (Å²) in [5.74, 6) is -9.28. The van der Waals surface area contributed by atoms with Crippen LogP contribution < -0.4 is 65.9 Å². The molecule has 26 nitrogen and oxygen atoms in total. The number of amides is 8. The molecule has 1 heterocycles. The highest BCUT2D eigenvalue weighted by Gasteiger charge is 2.38. The maximum atomic E-state index is 13.6.